The van der Waals surface area contributed by atoms with Crippen LogP contribution in [0.5, 0.6) is 0 Å². The molecule has 160 valence electrons. The Balaban J connectivity index is 1.75. The molecular formula is C21H17ClF3N5O. The van der Waals surface area contributed by atoms with E-state index < -0.39 is 29.1 Å². The van der Waals surface area contributed by atoms with Crippen molar-refractivity contribution in [2.45, 2.75) is 25.1 Å². The number of hydrogen-bond acceptors (Lipinski definition) is 4. The maximum absolute atomic E-state index is 14.7. The Morgan fingerprint density at radius 1 is 1.06 bits per heavy atom. The molecule has 0 bridgehead atoms. The molecule has 2 heterocycles. The molecule has 0 saturated heterocycles. The van der Waals surface area contributed by atoms with Crippen LogP contribution < -0.4 is 0 Å². The van der Waals surface area contributed by atoms with Crippen molar-refractivity contribution in [2.24, 2.45) is 0 Å². The zero-order valence-electron chi connectivity index (χ0n) is 16.3. The lowest BCUT2D eigenvalue weighted by atomic mass is 9.86. The van der Waals surface area contributed by atoms with Crippen molar-refractivity contribution in [3.63, 3.8) is 0 Å². The lowest BCUT2D eigenvalue weighted by Crippen LogP contribution is -2.40. The number of benzene rings is 2. The lowest BCUT2D eigenvalue weighted by Gasteiger charge is -2.34. The van der Waals surface area contributed by atoms with Crippen LogP contribution in [0.1, 0.15) is 18.5 Å². The van der Waals surface area contributed by atoms with Crippen LogP contribution in [-0.2, 0) is 12.1 Å². The molecule has 0 aliphatic rings. The van der Waals surface area contributed by atoms with Crippen molar-refractivity contribution in [1.82, 2.24) is 24.5 Å². The first kappa shape index (κ1) is 21.1. The smallest absolute Gasteiger partial charge is 0.141 e. The molecule has 2 atom stereocenters. The molecule has 0 amide bonds. The van der Waals surface area contributed by atoms with Gasteiger partial charge < -0.3 is 5.11 Å². The molecule has 0 aliphatic carbocycles. The van der Waals surface area contributed by atoms with E-state index in [1.165, 1.54) is 46.4 Å². The minimum absolute atomic E-state index is 0.0330. The van der Waals surface area contributed by atoms with Crippen molar-refractivity contribution in [2.75, 3.05) is 0 Å². The summed E-state index contributed by atoms with van der Waals surface area (Å²) in [5.74, 6) is -2.20. The molecule has 4 aromatic rings. The molecule has 4 rings (SSSR count). The molecule has 10 heteroatoms. The van der Waals surface area contributed by atoms with Crippen molar-refractivity contribution in [3.05, 3.63) is 89.5 Å². The lowest BCUT2D eigenvalue weighted by molar-refractivity contribution is -0.0368. The summed E-state index contributed by atoms with van der Waals surface area (Å²) < 4.78 is 44.4. The summed E-state index contributed by atoms with van der Waals surface area (Å²) in [6.45, 7) is 1.49. The van der Waals surface area contributed by atoms with Crippen molar-refractivity contribution >= 4 is 11.6 Å². The molecule has 6 nitrogen and oxygen atoms in total. The SMILES string of the molecule is C[C@@H](n1cc(-c2ccc(F)c(Cl)c2)cn1)[C@](O)(Cn1cncn1)c1ccc(F)cc1F. The van der Waals surface area contributed by atoms with Gasteiger partial charge in [0.1, 0.15) is 35.7 Å². The summed E-state index contributed by atoms with van der Waals surface area (Å²) in [5.41, 5.74) is -0.720. The summed E-state index contributed by atoms with van der Waals surface area (Å²) in [5, 5.41) is 19.9. The third-order valence-electron chi connectivity index (χ3n) is 5.21. The van der Waals surface area contributed by atoms with Gasteiger partial charge >= 0.3 is 0 Å². The predicted octanol–water partition coefficient (Wildman–Crippen LogP) is 4.36. The minimum atomic E-state index is -1.85. The molecule has 0 fully saturated rings. The van der Waals surface area contributed by atoms with Crippen LogP contribution in [0.4, 0.5) is 13.2 Å². The zero-order chi connectivity index (χ0) is 22.2. The van der Waals surface area contributed by atoms with Gasteiger partial charge in [0.15, 0.2) is 0 Å². The quantitative estimate of drug-likeness (QED) is 0.477. The Morgan fingerprint density at radius 3 is 2.55 bits per heavy atom. The van der Waals surface area contributed by atoms with Gasteiger partial charge in [-0.2, -0.15) is 10.2 Å². The molecule has 2 aromatic carbocycles. The van der Waals surface area contributed by atoms with Crippen molar-refractivity contribution < 1.29 is 18.3 Å². The van der Waals surface area contributed by atoms with Gasteiger partial charge in [0.2, 0.25) is 0 Å². The zero-order valence-corrected chi connectivity index (χ0v) is 17.0. The highest BCUT2D eigenvalue weighted by Gasteiger charge is 2.40. The van der Waals surface area contributed by atoms with Crippen LogP contribution in [0.2, 0.25) is 5.02 Å². The summed E-state index contributed by atoms with van der Waals surface area (Å²) in [4.78, 5) is 3.85. The van der Waals surface area contributed by atoms with E-state index in [9.17, 15) is 18.3 Å². The molecular weight excluding hydrogens is 431 g/mol. The largest absolute Gasteiger partial charge is 0.381 e. The molecule has 0 saturated carbocycles. The maximum atomic E-state index is 14.7. The fourth-order valence-corrected chi connectivity index (χ4v) is 3.62. The predicted molar refractivity (Wildman–Crippen MR) is 108 cm³/mol. The second-order valence-corrected chi connectivity index (χ2v) is 7.56. The minimum Gasteiger partial charge on any atom is -0.381 e. The van der Waals surface area contributed by atoms with Gasteiger partial charge in [0.05, 0.1) is 23.8 Å². The third kappa shape index (κ3) is 4.06. The Morgan fingerprint density at radius 2 is 1.87 bits per heavy atom. The second kappa shape index (κ2) is 8.16. The third-order valence-corrected chi connectivity index (χ3v) is 5.50. The molecule has 2 aromatic heterocycles. The van der Waals surface area contributed by atoms with Crippen LogP contribution >= 0.6 is 11.6 Å². The standard InChI is InChI=1S/C21H17ClF3N5O/c1-13(30-9-15(8-27-30)14-2-5-19(24)18(22)6-14)21(31,10-29-12-26-11-28-29)17-4-3-16(23)7-20(17)25/h2-9,11-13,31H,10H2,1H3/t13-,21-/m1/s1. The molecule has 0 aliphatic heterocycles. The number of hydrogen-bond donors (Lipinski definition) is 1. The van der Waals surface area contributed by atoms with Crippen LogP contribution in [-0.4, -0.2) is 29.7 Å². The van der Waals surface area contributed by atoms with E-state index in [0.717, 1.165) is 6.07 Å². The van der Waals surface area contributed by atoms with Gasteiger partial charge in [-0.3, -0.25) is 4.68 Å². The topological polar surface area (TPSA) is 68.8 Å². The van der Waals surface area contributed by atoms with Gasteiger partial charge in [0.25, 0.3) is 0 Å². The Hall–Kier alpha value is -3.17. The molecule has 0 radical (unpaired) electrons. The van der Waals surface area contributed by atoms with Gasteiger partial charge in [0, 0.05) is 23.4 Å². The van der Waals surface area contributed by atoms with E-state index in [1.807, 2.05) is 0 Å². The highest BCUT2D eigenvalue weighted by Crippen LogP contribution is 2.37. The number of aliphatic hydroxyl groups is 1. The van der Waals surface area contributed by atoms with Gasteiger partial charge in [-0.05, 0) is 30.7 Å². The van der Waals surface area contributed by atoms with Gasteiger partial charge in [-0.1, -0.05) is 23.7 Å². The first-order valence-corrected chi connectivity index (χ1v) is 9.65. The van der Waals surface area contributed by atoms with E-state index in [0.29, 0.717) is 17.2 Å². The van der Waals surface area contributed by atoms with Crippen LogP contribution in [0.25, 0.3) is 11.1 Å². The summed E-state index contributed by atoms with van der Waals surface area (Å²) in [6.07, 6.45) is 5.82. The Bertz CT molecular complexity index is 1210. The molecule has 1 N–H and O–H groups in total. The van der Waals surface area contributed by atoms with Crippen molar-refractivity contribution in [1.29, 1.82) is 0 Å². The van der Waals surface area contributed by atoms with E-state index in [1.54, 1.807) is 19.2 Å². The fraction of sp³-hybridized carbons (Fsp3) is 0.190. The molecule has 0 spiro atoms. The Labute approximate surface area is 180 Å². The molecule has 0 unspecified atom stereocenters. The van der Waals surface area contributed by atoms with Crippen LogP contribution in [0, 0.1) is 17.5 Å². The molecule has 31 heavy (non-hydrogen) atoms. The van der Waals surface area contributed by atoms with Gasteiger partial charge in [-0.15, -0.1) is 0 Å². The highest BCUT2D eigenvalue weighted by atomic mass is 35.5. The highest BCUT2D eigenvalue weighted by molar-refractivity contribution is 6.31. The monoisotopic (exact) mass is 447 g/mol. The average Bonchev–Trinajstić information content (AvgIpc) is 3.41. The van der Waals surface area contributed by atoms with E-state index in [2.05, 4.69) is 15.2 Å². The normalized spacial score (nSPS) is 14.4. The summed E-state index contributed by atoms with van der Waals surface area (Å²) >= 11 is 5.87. The number of aromatic nitrogens is 5. The summed E-state index contributed by atoms with van der Waals surface area (Å²) in [7, 11) is 0. The first-order chi connectivity index (χ1) is 14.8. The van der Waals surface area contributed by atoms with Crippen LogP contribution in [0.3, 0.4) is 0 Å². The first-order valence-electron chi connectivity index (χ1n) is 9.28. The fourth-order valence-electron chi connectivity index (χ4n) is 3.44. The van der Waals surface area contributed by atoms with Gasteiger partial charge in [-0.25, -0.2) is 22.8 Å². The van der Waals surface area contributed by atoms with E-state index >= 15 is 0 Å². The number of halogens is 4. The number of nitrogens with zero attached hydrogens (tertiary/aromatic N) is 5. The average molecular weight is 448 g/mol. The maximum Gasteiger partial charge on any atom is 0.141 e. The van der Waals surface area contributed by atoms with Crippen LogP contribution in [0.15, 0.2) is 61.4 Å². The second-order valence-electron chi connectivity index (χ2n) is 7.16. The van der Waals surface area contributed by atoms with E-state index in [-0.39, 0.29) is 17.1 Å². The number of rotatable bonds is 6. The Kier molecular flexibility index (Phi) is 5.55. The summed E-state index contributed by atoms with van der Waals surface area (Å²) in [6, 6.07) is 6.44. The van der Waals surface area contributed by atoms with Crippen molar-refractivity contribution in [3.8, 4) is 11.1 Å². The van der Waals surface area contributed by atoms with E-state index in [4.69, 9.17) is 11.6 Å².